The van der Waals surface area contributed by atoms with Crippen LogP contribution in [0.5, 0.6) is 0 Å². The zero-order valence-corrected chi connectivity index (χ0v) is 14.7. The minimum atomic E-state index is -0.530. The first-order chi connectivity index (χ1) is 13.1. The highest BCUT2D eigenvalue weighted by atomic mass is 16.5. The van der Waals surface area contributed by atoms with Crippen molar-refractivity contribution in [1.82, 2.24) is 20.5 Å². The summed E-state index contributed by atoms with van der Waals surface area (Å²) in [6, 6.07) is 9.25. The van der Waals surface area contributed by atoms with Crippen LogP contribution in [0.2, 0.25) is 0 Å². The Labute approximate surface area is 155 Å². The van der Waals surface area contributed by atoms with E-state index in [2.05, 4.69) is 15.6 Å². The number of ether oxygens (including phenoxy) is 1. The maximum absolute atomic E-state index is 12.3. The Balaban J connectivity index is 1.42. The Bertz CT molecular complexity index is 879. The summed E-state index contributed by atoms with van der Waals surface area (Å²) in [7, 11) is 0. The van der Waals surface area contributed by atoms with E-state index in [4.69, 9.17) is 4.74 Å². The van der Waals surface area contributed by atoms with Gasteiger partial charge < -0.3 is 15.4 Å². The van der Waals surface area contributed by atoms with Gasteiger partial charge in [0.1, 0.15) is 6.54 Å². The van der Waals surface area contributed by atoms with Crippen molar-refractivity contribution in [2.75, 3.05) is 26.3 Å². The molecule has 2 fully saturated rings. The third-order valence-corrected chi connectivity index (χ3v) is 5.00. The van der Waals surface area contributed by atoms with Crippen LogP contribution < -0.4 is 10.6 Å². The highest BCUT2D eigenvalue weighted by Crippen LogP contribution is 2.24. The van der Waals surface area contributed by atoms with Crippen molar-refractivity contribution in [3.8, 4) is 0 Å². The zero-order valence-electron chi connectivity index (χ0n) is 14.7. The number of nitrogens with one attached hydrogen (secondary N) is 2. The highest BCUT2D eigenvalue weighted by molar-refractivity contribution is 6.04. The zero-order chi connectivity index (χ0) is 18.8. The van der Waals surface area contributed by atoms with Crippen molar-refractivity contribution in [3.05, 3.63) is 42.1 Å². The molecule has 0 aliphatic carbocycles. The van der Waals surface area contributed by atoms with E-state index in [1.807, 2.05) is 30.3 Å². The van der Waals surface area contributed by atoms with Gasteiger partial charge in [0.15, 0.2) is 0 Å². The predicted octanol–water partition coefficient (Wildman–Crippen LogP) is 0.460. The molecule has 0 radical (unpaired) electrons. The van der Waals surface area contributed by atoms with Crippen LogP contribution in [0, 0.1) is 5.92 Å². The van der Waals surface area contributed by atoms with Crippen molar-refractivity contribution in [3.63, 3.8) is 0 Å². The van der Waals surface area contributed by atoms with Gasteiger partial charge >= 0.3 is 6.03 Å². The quantitative estimate of drug-likeness (QED) is 0.747. The topological polar surface area (TPSA) is 101 Å². The second-order valence-corrected chi connectivity index (χ2v) is 6.80. The maximum atomic E-state index is 12.3. The molecule has 2 unspecified atom stereocenters. The number of hydrogen-bond acceptors (Lipinski definition) is 5. The molecule has 4 amide bonds. The number of fused-ring (bicyclic) bond motifs is 1. The van der Waals surface area contributed by atoms with Crippen molar-refractivity contribution in [1.29, 1.82) is 0 Å². The number of carbonyl (C=O) groups excluding carboxylic acids is 3. The summed E-state index contributed by atoms with van der Waals surface area (Å²) in [4.78, 5) is 40.8. The molecule has 2 N–H and O–H groups in total. The summed E-state index contributed by atoms with van der Waals surface area (Å²) in [5.74, 6) is -0.638. The minimum Gasteiger partial charge on any atom is -0.379 e. The average molecular weight is 368 g/mol. The van der Waals surface area contributed by atoms with Gasteiger partial charge in [-0.3, -0.25) is 19.5 Å². The Kier molecular flexibility index (Phi) is 4.72. The molecule has 8 heteroatoms. The van der Waals surface area contributed by atoms with Gasteiger partial charge in [0.2, 0.25) is 5.91 Å². The normalized spacial score (nSPS) is 22.3. The molecule has 1 aromatic heterocycles. The third-order valence-electron chi connectivity index (χ3n) is 5.00. The number of carbonyl (C=O) groups is 3. The van der Waals surface area contributed by atoms with Crippen molar-refractivity contribution in [2.45, 2.75) is 12.5 Å². The largest absolute Gasteiger partial charge is 0.379 e. The second kappa shape index (κ2) is 7.32. The number of benzene rings is 1. The lowest BCUT2D eigenvalue weighted by atomic mass is 9.93. The van der Waals surface area contributed by atoms with Crippen LogP contribution in [0.15, 0.2) is 36.5 Å². The molecule has 0 saturated carbocycles. The van der Waals surface area contributed by atoms with Gasteiger partial charge in [-0.15, -0.1) is 0 Å². The molecule has 4 rings (SSSR count). The minimum absolute atomic E-state index is 0.0591. The van der Waals surface area contributed by atoms with E-state index in [0.29, 0.717) is 13.2 Å². The molecule has 8 nitrogen and oxygen atoms in total. The summed E-state index contributed by atoms with van der Waals surface area (Å²) in [5, 5.41) is 6.41. The number of urea groups is 1. The lowest BCUT2D eigenvalue weighted by Gasteiger charge is -2.21. The van der Waals surface area contributed by atoms with Gasteiger partial charge in [-0.25, -0.2) is 4.79 Å². The van der Waals surface area contributed by atoms with Crippen LogP contribution in [-0.2, 0) is 20.7 Å². The number of para-hydroxylation sites is 1. The first-order valence-electron chi connectivity index (χ1n) is 8.90. The van der Waals surface area contributed by atoms with Crippen LogP contribution in [0.1, 0.15) is 5.56 Å². The Morgan fingerprint density at radius 3 is 2.93 bits per heavy atom. The maximum Gasteiger partial charge on any atom is 0.325 e. The Morgan fingerprint density at radius 1 is 1.26 bits per heavy atom. The van der Waals surface area contributed by atoms with E-state index in [1.165, 1.54) is 0 Å². The van der Waals surface area contributed by atoms with Crippen LogP contribution in [0.25, 0.3) is 10.9 Å². The molecule has 3 heterocycles. The molecule has 2 aromatic rings. The van der Waals surface area contributed by atoms with Gasteiger partial charge in [0.05, 0.1) is 31.3 Å². The number of imide groups is 1. The first kappa shape index (κ1) is 17.4. The summed E-state index contributed by atoms with van der Waals surface area (Å²) in [5.41, 5.74) is 2.09. The highest BCUT2D eigenvalue weighted by Gasteiger charge is 2.33. The fourth-order valence-corrected chi connectivity index (χ4v) is 3.59. The fraction of sp³-hybridized carbons (Fsp3) is 0.368. The monoisotopic (exact) mass is 368 g/mol. The van der Waals surface area contributed by atoms with Crippen molar-refractivity contribution >= 4 is 28.7 Å². The molecule has 2 aliphatic rings. The number of rotatable bonds is 5. The van der Waals surface area contributed by atoms with E-state index in [9.17, 15) is 14.4 Å². The number of pyridine rings is 1. The first-order valence-corrected chi connectivity index (χ1v) is 8.90. The molecule has 2 atom stereocenters. The molecule has 0 spiro atoms. The Hall–Kier alpha value is -3.00. The number of nitrogens with zero attached hydrogens (tertiary/aromatic N) is 2. The molecule has 1 aromatic carbocycles. The molecule has 2 aliphatic heterocycles. The smallest absolute Gasteiger partial charge is 0.325 e. The lowest BCUT2D eigenvalue weighted by Crippen LogP contribution is -2.47. The average Bonchev–Trinajstić information content (AvgIpc) is 3.23. The van der Waals surface area contributed by atoms with Gasteiger partial charge in [0, 0.05) is 17.5 Å². The van der Waals surface area contributed by atoms with E-state index in [1.54, 1.807) is 6.20 Å². The van der Waals surface area contributed by atoms with Crippen LogP contribution in [0.4, 0.5) is 4.79 Å². The number of aromatic nitrogens is 1. The molecular weight excluding hydrogens is 348 g/mol. The van der Waals surface area contributed by atoms with E-state index in [0.717, 1.165) is 27.8 Å². The second-order valence-electron chi connectivity index (χ2n) is 6.80. The standard InChI is InChI=1S/C19H20N4O4/c24-17(9-23-18(25)8-21-19(23)26)22-16-11-27-10-13(16)7-12-5-6-20-15-4-2-1-3-14(12)15/h1-6,13,16H,7-11H2,(H,21,26)(H,22,24). The molecule has 27 heavy (non-hydrogen) atoms. The molecule has 140 valence electrons. The van der Waals surface area contributed by atoms with Gasteiger partial charge in [-0.1, -0.05) is 18.2 Å². The Morgan fingerprint density at radius 2 is 2.11 bits per heavy atom. The van der Waals surface area contributed by atoms with Crippen LogP contribution >= 0.6 is 0 Å². The fourth-order valence-electron chi connectivity index (χ4n) is 3.59. The third kappa shape index (κ3) is 3.61. The van der Waals surface area contributed by atoms with E-state index < -0.39 is 11.9 Å². The van der Waals surface area contributed by atoms with Gasteiger partial charge in [-0.05, 0) is 24.1 Å². The number of amides is 4. The SMILES string of the molecule is O=C(CN1C(=O)CNC1=O)NC1COCC1Cc1ccnc2ccccc12. The molecular formula is C19H20N4O4. The van der Waals surface area contributed by atoms with E-state index >= 15 is 0 Å². The predicted molar refractivity (Wildman–Crippen MR) is 96.8 cm³/mol. The summed E-state index contributed by atoms with van der Waals surface area (Å²) in [6.45, 7) is 0.632. The van der Waals surface area contributed by atoms with Crippen molar-refractivity contribution in [2.24, 2.45) is 5.92 Å². The molecule has 0 bridgehead atoms. The van der Waals surface area contributed by atoms with E-state index in [-0.39, 0.29) is 31.0 Å². The van der Waals surface area contributed by atoms with Crippen LogP contribution in [0.3, 0.4) is 0 Å². The van der Waals surface area contributed by atoms with Gasteiger partial charge in [-0.2, -0.15) is 0 Å². The molecule has 2 saturated heterocycles. The van der Waals surface area contributed by atoms with Gasteiger partial charge in [0.25, 0.3) is 5.91 Å². The summed E-state index contributed by atoms with van der Waals surface area (Å²) >= 11 is 0. The summed E-state index contributed by atoms with van der Waals surface area (Å²) < 4.78 is 5.58. The lowest BCUT2D eigenvalue weighted by molar-refractivity contribution is -0.131. The number of hydrogen-bond donors (Lipinski definition) is 2. The van der Waals surface area contributed by atoms with Crippen LogP contribution in [-0.4, -0.2) is 60.1 Å². The van der Waals surface area contributed by atoms with Crippen molar-refractivity contribution < 1.29 is 19.1 Å². The summed E-state index contributed by atoms with van der Waals surface area (Å²) in [6.07, 6.45) is 2.54.